The van der Waals surface area contributed by atoms with Gasteiger partial charge in [-0.25, -0.2) is 0 Å². The SMILES string of the molecule is CCC(COC)NC(=O)c1c(N)c(C)nn1CC. The second-order valence-corrected chi connectivity index (χ2v) is 4.20. The van der Waals surface area contributed by atoms with E-state index in [0.29, 0.717) is 30.2 Å². The number of anilines is 1. The number of nitrogens with two attached hydrogens (primary N) is 1. The van der Waals surface area contributed by atoms with Crippen LogP contribution in [0.15, 0.2) is 0 Å². The van der Waals surface area contributed by atoms with Crippen LogP contribution in [0.1, 0.15) is 36.5 Å². The molecule has 1 unspecified atom stereocenters. The number of carbonyl (C=O) groups excluding carboxylic acids is 1. The fourth-order valence-corrected chi connectivity index (χ4v) is 1.78. The van der Waals surface area contributed by atoms with Crippen molar-refractivity contribution in [2.45, 2.75) is 39.8 Å². The highest BCUT2D eigenvalue weighted by Crippen LogP contribution is 2.16. The maximum Gasteiger partial charge on any atom is 0.272 e. The summed E-state index contributed by atoms with van der Waals surface area (Å²) in [6, 6.07) is -0.0117. The minimum Gasteiger partial charge on any atom is -0.395 e. The molecule has 102 valence electrons. The van der Waals surface area contributed by atoms with E-state index in [1.807, 2.05) is 13.8 Å². The Kier molecular flexibility index (Phi) is 5.15. The number of hydrogen-bond acceptors (Lipinski definition) is 4. The molecule has 1 aromatic rings. The van der Waals surface area contributed by atoms with Gasteiger partial charge in [0.15, 0.2) is 0 Å². The number of ether oxygens (including phenoxy) is 1. The van der Waals surface area contributed by atoms with Gasteiger partial charge in [-0.15, -0.1) is 0 Å². The lowest BCUT2D eigenvalue weighted by atomic mass is 10.2. The maximum atomic E-state index is 12.2. The number of nitrogens with one attached hydrogen (secondary N) is 1. The van der Waals surface area contributed by atoms with Crippen LogP contribution in [-0.4, -0.2) is 35.4 Å². The molecular weight excluding hydrogens is 232 g/mol. The van der Waals surface area contributed by atoms with Crippen molar-refractivity contribution in [3.63, 3.8) is 0 Å². The lowest BCUT2D eigenvalue weighted by molar-refractivity contribution is 0.0885. The number of amides is 1. The maximum absolute atomic E-state index is 12.2. The summed E-state index contributed by atoms with van der Waals surface area (Å²) in [7, 11) is 1.61. The van der Waals surface area contributed by atoms with Gasteiger partial charge in [0.25, 0.3) is 5.91 Å². The van der Waals surface area contributed by atoms with Crippen LogP contribution in [0.3, 0.4) is 0 Å². The van der Waals surface area contributed by atoms with Crippen molar-refractivity contribution in [2.24, 2.45) is 0 Å². The molecule has 1 rings (SSSR count). The van der Waals surface area contributed by atoms with E-state index in [4.69, 9.17) is 10.5 Å². The Bertz CT molecular complexity index is 414. The van der Waals surface area contributed by atoms with E-state index < -0.39 is 0 Å². The molecule has 0 spiro atoms. The summed E-state index contributed by atoms with van der Waals surface area (Å²) in [6.07, 6.45) is 0.804. The third-order valence-corrected chi connectivity index (χ3v) is 2.88. The zero-order valence-corrected chi connectivity index (χ0v) is 11.5. The first-order valence-corrected chi connectivity index (χ1v) is 6.17. The molecule has 0 aliphatic rings. The zero-order valence-electron chi connectivity index (χ0n) is 11.5. The number of aryl methyl sites for hydroxylation is 2. The van der Waals surface area contributed by atoms with Crippen molar-refractivity contribution in [1.82, 2.24) is 15.1 Å². The summed E-state index contributed by atoms with van der Waals surface area (Å²) in [5.41, 5.74) is 7.46. The van der Waals surface area contributed by atoms with Gasteiger partial charge < -0.3 is 15.8 Å². The molecule has 6 heteroatoms. The van der Waals surface area contributed by atoms with Gasteiger partial charge in [-0.1, -0.05) is 6.92 Å². The Hall–Kier alpha value is -1.56. The summed E-state index contributed by atoms with van der Waals surface area (Å²) in [6.45, 7) is 6.82. The highest BCUT2D eigenvalue weighted by atomic mass is 16.5. The van der Waals surface area contributed by atoms with Gasteiger partial charge in [-0.2, -0.15) is 5.10 Å². The predicted octanol–water partition coefficient (Wildman–Crippen LogP) is 0.948. The van der Waals surface area contributed by atoms with E-state index in [9.17, 15) is 4.79 Å². The molecule has 1 aromatic heterocycles. The first-order chi connectivity index (χ1) is 8.54. The quantitative estimate of drug-likeness (QED) is 0.791. The van der Waals surface area contributed by atoms with E-state index in [0.717, 1.165) is 6.42 Å². The highest BCUT2D eigenvalue weighted by Gasteiger charge is 2.21. The molecule has 0 bridgehead atoms. The second-order valence-electron chi connectivity index (χ2n) is 4.20. The largest absolute Gasteiger partial charge is 0.395 e. The van der Waals surface area contributed by atoms with Crippen LogP contribution >= 0.6 is 0 Å². The third-order valence-electron chi connectivity index (χ3n) is 2.88. The number of nitrogens with zero attached hydrogens (tertiary/aromatic N) is 2. The molecule has 0 aromatic carbocycles. The molecule has 1 atom stereocenters. The predicted molar refractivity (Wildman–Crippen MR) is 70.5 cm³/mol. The number of methoxy groups -OCH3 is 1. The summed E-state index contributed by atoms with van der Waals surface area (Å²) >= 11 is 0. The van der Waals surface area contributed by atoms with Gasteiger partial charge in [0, 0.05) is 13.7 Å². The first-order valence-electron chi connectivity index (χ1n) is 6.17. The van der Waals surface area contributed by atoms with Gasteiger partial charge in [0.1, 0.15) is 5.69 Å². The highest BCUT2D eigenvalue weighted by molar-refractivity contribution is 5.98. The van der Waals surface area contributed by atoms with Gasteiger partial charge >= 0.3 is 0 Å². The lowest BCUT2D eigenvalue weighted by Crippen LogP contribution is -2.38. The van der Waals surface area contributed by atoms with Crippen molar-refractivity contribution in [3.05, 3.63) is 11.4 Å². The third kappa shape index (κ3) is 3.01. The standard InChI is InChI=1S/C12H22N4O2/c1-5-9(7-18-4)14-12(17)11-10(13)8(3)15-16(11)6-2/h9H,5-7,13H2,1-4H3,(H,14,17). The molecule has 1 amide bonds. The Balaban J connectivity index is 2.89. The fraction of sp³-hybridized carbons (Fsp3) is 0.667. The molecule has 0 aliphatic heterocycles. The molecule has 0 saturated carbocycles. The molecule has 1 heterocycles. The van der Waals surface area contributed by atoms with Gasteiger partial charge in [0.05, 0.1) is 24.0 Å². The molecule has 0 saturated heterocycles. The Morgan fingerprint density at radius 1 is 1.56 bits per heavy atom. The molecule has 6 nitrogen and oxygen atoms in total. The van der Waals surface area contributed by atoms with Crippen LogP contribution in [0.25, 0.3) is 0 Å². The Labute approximate surface area is 107 Å². The molecule has 0 fully saturated rings. The number of aromatic nitrogens is 2. The summed E-state index contributed by atoms with van der Waals surface area (Å²) in [4.78, 5) is 12.2. The van der Waals surface area contributed by atoms with Crippen molar-refractivity contribution in [1.29, 1.82) is 0 Å². The normalized spacial score (nSPS) is 12.4. The van der Waals surface area contributed by atoms with Crippen LogP contribution in [0.5, 0.6) is 0 Å². The number of hydrogen-bond donors (Lipinski definition) is 2. The zero-order chi connectivity index (χ0) is 13.7. The van der Waals surface area contributed by atoms with Crippen LogP contribution in [0, 0.1) is 6.92 Å². The lowest BCUT2D eigenvalue weighted by Gasteiger charge is -2.16. The van der Waals surface area contributed by atoms with Crippen LogP contribution in [0.2, 0.25) is 0 Å². The average molecular weight is 254 g/mol. The fourth-order valence-electron chi connectivity index (χ4n) is 1.78. The van der Waals surface area contributed by atoms with Crippen LogP contribution in [-0.2, 0) is 11.3 Å². The van der Waals surface area contributed by atoms with Crippen molar-refractivity contribution < 1.29 is 9.53 Å². The molecule has 18 heavy (non-hydrogen) atoms. The van der Waals surface area contributed by atoms with Crippen molar-refractivity contribution in [2.75, 3.05) is 19.5 Å². The van der Waals surface area contributed by atoms with E-state index >= 15 is 0 Å². The second kappa shape index (κ2) is 6.39. The van der Waals surface area contributed by atoms with Gasteiger partial charge in [-0.3, -0.25) is 9.48 Å². The Morgan fingerprint density at radius 2 is 2.22 bits per heavy atom. The molecule has 0 radical (unpaired) electrons. The molecule has 3 N–H and O–H groups in total. The van der Waals surface area contributed by atoms with E-state index in [1.54, 1.807) is 18.7 Å². The first kappa shape index (κ1) is 14.5. The van der Waals surface area contributed by atoms with E-state index in [2.05, 4.69) is 10.4 Å². The molecule has 0 aliphatic carbocycles. The van der Waals surface area contributed by atoms with E-state index in [1.165, 1.54) is 0 Å². The summed E-state index contributed by atoms with van der Waals surface area (Å²) in [5.74, 6) is -0.196. The summed E-state index contributed by atoms with van der Waals surface area (Å²) in [5, 5.41) is 7.14. The van der Waals surface area contributed by atoms with Crippen LogP contribution in [0.4, 0.5) is 5.69 Å². The van der Waals surface area contributed by atoms with E-state index in [-0.39, 0.29) is 11.9 Å². The topological polar surface area (TPSA) is 82.2 Å². The number of nitrogen functional groups attached to an aromatic ring is 1. The molecular formula is C12H22N4O2. The van der Waals surface area contributed by atoms with Gasteiger partial charge in [-0.05, 0) is 20.3 Å². The smallest absolute Gasteiger partial charge is 0.272 e. The van der Waals surface area contributed by atoms with Crippen LogP contribution < -0.4 is 11.1 Å². The van der Waals surface area contributed by atoms with Gasteiger partial charge in [0.2, 0.25) is 0 Å². The van der Waals surface area contributed by atoms with Crippen molar-refractivity contribution in [3.8, 4) is 0 Å². The monoisotopic (exact) mass is 254 g/mol. The minimum atomic E-state index is -0.196. The minimum absolute atomic E-state index is 0.0117. The summed E-state index contributed by atoms with van der Waals surface area (Å²) < 4.78 is 6.68. The van der Waals surface area contributed by atoms with Crippen molar-refractivity contribution >= 4 is 11.6 Å². The Morgan fingerprint density at radius 3 is 2.72 bits per heavy atom. The average Bonchev–Trinajstić information content (AvgIpc) is 2.64. The number of rotatable bonds is 6. The number of carbonyl (C=O) groups is 1.